The molecule has 2 heterocycles. The van der Waals surface area contributed by atoms with Crippen molar-refractivity contribution in [3.05, 3.63) is 23.6 Å². The van der Waals surface area contributed by atoms with Gasteiger partial charge in [0, 0.05) is 18.8 Å². The number of likely N-dealkylation sites (tertiary alicyclic amines) is 1. The van der Waals surface area contributed by atoms with Gasteiger partial charge in [-0.15, -0.1) is 0 Å². The summed E-state index contributed by atoms with van der Waals surface area (Å²) in [4.78, 5) is 17.9. The van der Waals surface area contributed by atoms with Crippen LogP contribution in [0.1, 0.15) is 23.7 Å². The lowest BCUT2D eigenvalue weighted by Crippen LogP contribution is -2.49. The number of nitrogens with zero attached hydrogens (tertiary/aromatic N) is 2. The molecule has 2 atom stereocenters. The number of hydrogen-bond donors (Lipinski definition) is 2. The summed E-state index contributed by atoms with van der Waals surface area (Å²) in [7, 11) is 2.05. The third-order valence-corrected chi connectivity index (χ3v) is 3.59. The van der Waals surface area contributed by atoms with Crippen molar-refractivity contribution in [3.8, 4) is 0 Å². The number of nitrogens with two attached hydrogens (primary N) is 1. The van der Waals surface area contributed by atoms with Crippen LogP contribution in [0.15, 0.2) is 12.3 Å². The van der Waals surface area contributed by atoms with Gasteiger partial charge in [-0.25, -0.2) is 9.37 Å². The fourth-order valence-electron chi connectivity index (χ4n) is 2.45. The molecule has 6 heteroatoms. The van der Waals surface area contributed by atoms with Gasteiger partial charge in [-0.1, -0.05) is 6.92 Å². The van der Waals surface area contributed by atoms with Gasteiger partial charge in [0.05, 0.1) is 5.56 Å². The molecular weight excluding hydrogens is 247 g/mol. The Balaban J connectivity index is 2.07. The number of pyridine rings is 1. The predicted molar refractivity (Wildman–Crippen MR) is 71.1 cm³/mol. The Kier molecular flexibility index (Phi) is 3.99. The number of amides is 1. The van der Waals surface area contributed by atoms with E-state index < -0.39 is 11.7 Å². The Morgan fingerprint density at radius 1 is 1.63 bits per heavy atom. The minimum absolute atomic E-state index is 0.0429. The molecule has 104 valence electrons. The van der Waals surface area contributed by atoms with Crippen LogP contribution in [0.2, 0.25) is 0 Å². The molecule has 2 rings (SSSR count). The van der Waals surface area contributed by atoms with Crippen molar-refractivity contribution in [2.75, 3.05) is 25.9 Å². The third-order valence-electron chi connectivity index (χ3n) is 3.59. The number of hydrogen-bond acceptors (Lipinski definition) is 4. The minimum atomic E-state index is -0.749. The quantitative estimate of drug-likeness (QED) is 0.833. The van der Waals surface area contributed by atoms with Gasteiger partial charge in [0.15, 0.2) is 11.6 Å². The molecule has 2 unspecified atom stereocenters. The molecule has 1 aliphatic rings. The smallest absolute Gasteiger partial charge is 0.254 e. The van der Waals surface area contributed by atoms with Crippen LogP contribution in [0.4, 0.5) is 10.2 Å². The van der Waals surface area contributed by atoms with E-state index in [0.717, 1.165) is 19.5 Å². The van der Waals surface area contributed by atoms with Gasteiger partial charge < -0.3 is 16.0 Å². The zero-order valence-corrected chi connectivity index (χ0v) is 11.2. The lowest BCUT2D eigenvalue weighted by molar-refractivity contribution is 0.0879. The maximum absolute atomic E-state index is 13.7. The molecule has 5 nitrogen and oxygen atoms in total. The van der Waals surface area contributed by atoms with E-state index in [-0.39, 0.29) is 17.4 Å². The Bertz CT molecular complexity index is 480. The fraction of sp³-hybridized carbons (Fsp3) is 0.538. The molecule has 0 aromatic carbocycles. The second kappa shape index (κ2) is 5.52. The van der Waals surface area contributed by atoms with Crippen molar-refractivity contribution in [3.63, 3.8) is 0 Å². The van der Waals surface area contributed by atoms with Gasteiger partial charge in [-0.05, 0) is 32.0 Å². The van der Waals surface area contributed by atoms with Gasteiger partial charge in [0.1, 0.15) is 0 Å². The first-order valence-electron chi connectivity index (χ1n) is 6.38. The molecule has 1 aromatic rings. The van der Waals surface area contributed by atoms with E-state index in [0.29, 0.717) is 5.92 Å². The number of carbonyl (C=O) groups excluding carboxylic acids is 1. The van der Waals surface area contributed by atoms with Crippen LogP contribution in [0, 0.1) is 11.7 Å². The second-order valence-corrected chi connectivity index (χ2v) is 5.17. The predicted octanol–water partition coefficient (Wildman–Crippen LogP) is 0.873. The molecule has 19 heavy (non-hydrogen) atoms. The summed E-state index contributed by atoms with van der Waals surface area (Å²) >= 11 is 0. The first-order valence-corrected chi connectivity index (χ1v) is 6.38. The summed E-state index contributed by atoms with van der Waals surface area (Å²) in [6, 6.07) is 1.41. The summed E-state index contributed by atoms with van der Waals surface area (Å²) in [6.45, 7) is 3.93. The number of nitrogens with one attached hydrogen (secondary N) is 1. The SMILES string of the molecule is CC1CN(C)CCC1NC(=O)c1ccnc(N)c1F. The van der Waals surface area contributed by atoms with Crippen molar-refractivity contribution in [2.24, 2.45) is 5.92 Å². The average Bonchev–Trinajstić information content (AvgIpc) is 2.36. The van der Waals surface area contributed by atoms with Crippen LogP contribution in [0.25, 0.3) is 0 Å². The standard InChI is InChI=1S/C13H19FN4O/c1-8-7-18(2)6-4-10(8)17-13(19)9-3-5-16-12(15)11(9)14/h3,5,8,10H,4,6-7H2,1-2H3,(H2,15,16)(H,17,19). The van der Waals surface area contributed by atoms with E-state index in [4.69, 9.17) is 5.73 Å². The highest BCUT2D eigenvalue weighted by atomic mass is 19.1. The Labute approximate surface area is 112 Å². The van der Waals surface area contributed by atoms with E-state index in [1.54, 1.807) is 0 Å². The van der Waals surface area contributed by atoms with Crippen molar-refractivity contribution in [2.45, 2.75) is 19.4 Å². The number of aromatic nitrogens is 1. The van der Waals surface area contributed by atoms with Gasteiger partial charge in [0.25, 0.3) is 5.91 Å². The summed E-state index contributed by atoms with van der Waals surface area (Å²) in [5, 5.41) is 2.88. The number of nitrogen functional groups attached to an aromatic ring is 1. The highest BCUT2D eigenvalue weighted by Gasteiger charge is 2.26. The van der Waals surface area contributed by atoms with Crippen molar-refractivity contribution in [1.29, 1.82) is 0 Å². The third kappa shape index (κ3) is 3.01. The zero-order valence-electron chi connectivity index (χ0n) is 11.2. The highest BCUT2D eigenvalue weighted by Crippen LogP contribution is 2.17. The number of piperidine rings is 1. The molecule has 1 aliphatic heterocycles. The first kappa shape index (κ1) is 13.7. The molecular formula is C13H19FN4O. The lowest BCUT2D eigenvalue weighted by atomic mass is 9.94. The van der Waals surface area contributed by atoms with Gasteiger partial charge in [-0.2, -0.15) is 0 Å². The van der Waals surface area contributed by atoms with Crippen LogP contribution < -0.4 is 11.1 Å². The molecule has 1 aromatic heterocycles. The molecule has 0 aliphatic carbocycles. The lowest BCUT2D eigenvalue weighted by Gasteiger charge is -2.35. The number of rotatable bonds is 2. The number of halogens is 1. The zero-order chi connectivity index (χ0) is 14.0. The molecule has 0 radical (unpaired) electrons. The second-order valence-electron chi connectivity index (χ2n) is 5.17. The average molecular weight is 266 g/mol. The van der Waals surface area contributed by atoms with E-state index in [1.807, 2.05) is 0 Å². The molecule has 0 bridgehead atoms. The Morgan fingerprint density at radius 2 is 2.37 bits per heavy atom. The highest BCUT2D eigenvalue weighted by molar-refractivity contribution is 5.95. The van der Waals surface area contributed by atoms with E-state index >= 15 is 0 Å². The monoisotopic (exact) mass is 266 g/mol. The maximum Gasteiger partial charge on any atom is 0.254 e. The van der Waals surface area contributed by atoms with E-state index in [9.17, 15) is 9.18 Å². The van der Waals surface area contributed by atoms with Crippen LogP contribution in [-0.4, -0.2) is 42.0 Å². The van der Waals surface area contributed by atoms with Crippen molar-refractivity contribution < 1.29 is 9.18 Å². The summed E-state index contributed by atoms with van der Waals surface area (Å²) < 4.78 is 13.7. The van der Waals surface area contributed by atoms with Gasteiger partial charge >= 0.3 is 0 Å². The summed E-state index contributed by atoms with van der Waals surface area (Å²) in [6.07, 6.45) is 2.21. The van der Waals surface area contributed by atoms with Crippen LogP contribution in [0.3, 0.4) is 0 Å². The fourth-order valence-corrected chi connectivity index (χ4v) is 2.45. The molecule has 0 spiro atoms. The van der Waals surface area contributed by atoms with E-state index in [1.165, 1.54) is 12.3 Å². The normalized spacial score (nSPS) is 24.2. The van der Waals surface area contributed by atoms with Crippen LogP contribution >= 0.6 is 0 Å². The molecule has 1 fully saturated rings. The first-order chi connectivity index (χ1) is 8.99. The number of anilines is 1. The Hall–Kier alpha value is -1.69. The van der Waals surface area contributed by atoms with Crippen molar-refractivity contribution in [1.82, 2.24) is 15.2 Å². The largest absolute Gasteiger partial charge is 0.381 e. The molecule has 1 saturated heterocycles. The van der Waals surface area contributed by atoms with Crippen LogP contribution in [0.5, 0.6) is 0 Å². The van der Waals surface area contributed by atoms with E-state index in [2.05, 4.69) is 29.2 Å². The molecule has 0 saturated carbocycles. The van der Waals surface area contributed by atoms with Crippen molar-refractivity contribution >= 4 is 11.7 Å². The maximum atomic E-state index is 13.7. The van der Waals surface area contributed by atoms with Crippen LogP contribution in [-0.2, 0) is 0 Å². The molecule has 3 N–H and O–H groups in total. The molecule has 1 amide bonds. The number of carbonyl (C=O) groups is 1. The summed E-state index contributed by atoms with van der Waals surface area (Å²) in [5.41, 5.74) is 5.32. The van der Waals surface area contributed by atoms with Gasteiger partial charge in [0.2, 0.25) is 0 Å². The Morgan fingerprint density at radius 3 is 3.05 bits per heavy atom. The minimum Gasteiger partial charge on any atom is -0.381 e. The van der Waals surface area contributed by atoms with Gasteiger partial charge in [-0.3, -0.25) is 4.79 Å². The summed E-state index contributed by atoms with van der Waals surface area (Å²) in [5.74, 6) is -1.08. The topological polar surface area (TPSA) is 71.2 Å².